The van der Waals surface area contributed by atoms with E-state index in [9.17, 15) is 9.18 Å². The lowest BCUT2D eigenvalue weighted by Gasteiger charge is -2.05. The Kier molecular flexibility index (Phi) is 4.15. The number of anilines is 1. The van der Waals surface area contributed by atoms with E-state index in [1.807, 2.05) is 12.1 Å². The Morgan fingerprint density at radius 1 is 1.27 bits per heavy atom. The molecule has 3 aromatic rings. The summed E-state index contributed by atoms with van der Waals surface area (Å²) in [6, 6.07) is 11.5. The van der Waals surface area contributed by atoms with Gasteiger partial charge in [0.15, 0.2) is 0 Å². The number of carbonyl (C=O) groups excluding carboxylic acids is 1. The van der Waals surface area contributed by atoms with Crippen LogP contribution in [0.25, 0.3) is 10.2 Å². The van der Waals surface area contributed by atoms with Crippen LogP contribution < -0.4 is 5.32 Å². The zero-order valence-electron chi connectivity index (χ0n) is 12.1. The molecule has 0 fully saturated rings. The zero-order chi connectivity index (χ0) is 15.5. The number of hydrogen-bond donors (Lipinski definition) is 1. The van der Waals surface area contributed by atoms with E-state index in [1.165, 1.54) is 12.1 Å². The molecule has 0 atom stereocenters. The number of amides is 1. The van der Waals surface area contributed by atoms with Crippen LogP contribution in [0.1, 0.15) is 28.7 Å². The SMILES string of the molecule is CCCc1nc2ccc(NC(=O)c3ccccc3F)cc2s1. The van der Waals surface area contributed by atoms with Crippen LogP contribution in [-0.2, 0) is 6.42 Å². The molecule has 0 aliphatic rings. The molecule has 112 valence electrons. The molecule has 1 N–H and O–H groups in total. The fraction of sp³-hybridized carbons (Fsp3) is 0.176. The van der Waals surface area contributed by atoms with Crippen molar-refractivity contribution in [3.8, 4) is 0 Å². The van der Waals surface area contributed by atoms with Crippen LogP contribution in [0.5, 0.6) is 0 Å². The Balaban J connectivity index is 1.84. The molecule has 0 spiro atoms. The lowest BCUT2D eigenvalue weighted by Crippen LogP contribution is -2.13. The summed E-state index contributed by atoms with van der Waals surface area (Å²) < 4.78 is 14.6. The van der Waals surface area contributed by atoms with E-state index in [0.29, 0.717) is 5.69 Å². The van der Waals surface area contributed by atoms with E-state index in [1.54, 1.807) is 29.5 Å². The summed E-state index contributed by atoms with van der Waals surface area (Å²) in [4.78, 5) is 16.7. The van der Waals surface area contributed by atoms with Gasteiger partial charge in [-0.05, 0) is 43.2 Å². The molecule has 2 aromatic carbocycles. The van der Waals surface area contributed by atoms with Gasteiger partial charge in [0.25, 0.3) is 5.91 Å². The molecular weight excluding hydrogens is 299 g/mol. The van der Waals surface area contributed by atoms with Crippen LogP contribution in [-0.4, -0.2) is 10.9 Å². The van der Waals surface area contributed by atoms with Crippen molar-refractivity contribution in [2.24, 2.45) is 0 Å². The standard InChI is InChI=1S/C17H15FN2OS/c1-2-5-16-20-14-9-8-11(10-15(14)22-16)19-17(21)12-6-3-4-7-13(12)18/h3-4,6-10H,2,5H2,1H3,(H,19,21). The van der Waals surface area contributed by atoms with Crippen molar-refractivity contribution in [3.05, 3.63) is 58.9 Å². The molecule has 1 amide bonds. The maximum absolute atomic E-state index is 13.6. The number of thiazole rings is 1. The van der Waals surface area contributed by atoms with Gasteiger partial charge < -0.3 is 5.32 Å². The monoisotopic (exact) mass is 314 g/mol. The molecule has 3 nitrogen and oxygen atoms in total. The maximum Gasteiger partial charge on any atom is 0.258 e. The molecular formula is C17H15FN2OS. The molecule has 0 radical (unpaired) electrons. The predicted octanol–water partition coefficient (Wildman–Crippen LogP) is 4.64. The summed E-state index contributed by atoms with van der Waals surface area (Å²) >= 11 is 1.63. The highest BCUT2D eigenvalue weighted by Gasteiger charge is 2.12. The molecule has 3 rings (SSSR count). The van der Waals surface area contributed by atoms with Gasteiger partial charge in [-0.2, -0.15) is 0 Å². The van der Waals surface area contributed by atoms with Crippen LogP contribution in [0.2, 0.25) is 0 Å². The molecule has 5 heteroatoms. The average Bonchev–Trinajstić information content (AvgIpc) is 2.89. The van der Waals surface area contributed by atoms with E-state index < -0.39 is 11.7 Å². The highest BCUT2D eigenvalue weighted by atomic mass is 32.1. The molecule has 1 heterocycles. The van der Waals surface area contributed by atoms with Crippen LogP contribution in [0, 0.1) is 5.82 Å². The first-order chi connectivity index (χ1) is 10.7. The molecule has 0 unspecified atom stereocenters. The second-order valence-corrected chi connectivity index (χ2v) is 6.09. The van der Waals surface area contributed by atoms with Gasteiger partial charge in [0.05, 0.1) is 20.8 Å². The van der Waals surface area contributed by atoms with E-state index in [-0.39, 0.29) is 5.56 Å². The quantitative estimate of drug-likeness (QED) is 0.762. The number of carbonyl (C=O) groups is 1. The second-order valence-electron chi connectivity index (χ2n) is 4.97. The van der Waals surface area contributed by atoms with Gasteiger partial charge in [0, 0.05) is 5.69 Å². The molecule has 0 saturated carbocycles. The third-order valence-electron chi connectivity index (χ3n) is 3.27. The van der Waals surface area contributed by atoms with Gasteiger partial charge in [-0.25, -0.2) is 9.37 Å². The Bertz CT molecular complexity index is 828. The Labute approximate surface area is 131 Å². The van der Waals surface area contributed by atoms with Crippen LogP contribution in [0.4, 0.5) is 10.1 Å². The summed E-state index contributed by atoms with van der Waals surface area (Å²) in [5.74, 6) is -0.972. The second kappa shape index (κ2) is 6.23. The van der Waals surface area contributed by atoms with Crippen molar-refractivity contribution < 1.29 is 9.18 Å². The van der Waals surface area contributed by atoms with Crippen molar-refractivity contribution in [1.82, 2.24) is 4.98 Å². The molecule has 0 aliphatic heterocycles. The Morgan fingerprint density at radius 3 is 2.86 bits per heavy atom. The minimum absolute atomic E-state index is 0.0403. The smallest absolute Gasteiger partial charge is 0.258 e. The summed E-state index contributed by atoms with van der Waals surface area (Å²) in [7, 11) is 0. The van der Waals surface area contributed by atoms with E-state index in [0.717, 1.165) is 28.1 Å². The minimum Gasteiger partial charge on any atom is -0.322 e. The van der Waals surface area contributed by atoms with Crippen molar-refractivity contribution in [3.63, 3.8) is 0 Å². The average molecular weight is 314 g/mol. The normalized spacial score (nSPS) is 10.8. The Hall–Kier alpha value is -2.27. The number of aromatic nitrogens is 1. The summed E-state index contributed by atoms with van der Waals surface area (Å²) in [5, 5.41) is 3.83. The van der Waals surface area contributed by atoms with Crippen molar-refractivity contribution in [1.29, 1.82) is 0 Å². The summed E-state index contributed by atoms with van der Waals surface area (Å²) in [6.07, 6.45) is 2.01. The van der Waals surface area contributed by atoms with Crippen molar-refractivity contribution >= 4 is 33.1 Å². The highest BCUT2D eigenvalue weighted by Crippen LogP contribution is 2.26. The molecule has 0 bridgehead atoms. The summed E-state index contributed by atoms with van der Waals surface area (Å²) in [5.41, 5.74) is 1.61. The van der Waals surface area contributed by atoms with Crippen LogP contribution in [0.15, 0.2) is 42.5 Å². The number of hydrogen-bond acceptors (Lipinski definition) is 3. The van der Waals surface area contributed by atoms with E-state index in [2.05, 4.69) is 17.2 Å². The molecule has 1 aromatic heterocycles. The first-order valence-corrected chi connectivity index (χ1v) is 7.94. The first kappa shape index (κ1) is 14.7. The van der Waals surface area contributed by atoms with Gasteiger partial charge in [-0.3, -0.25) is 4.79 Å². The number of halogens is 1. The van der Waals surface area contributed by atoms with Crippen LogP contribution in [0.3, 0.4) is 0 Å². The molecule has 0 aliphatic carbocycles. The third-order valence-corrected chi connectivity index (χ3v) is 4.35. The van der Waals surface area contributed by atoms with E-state index in [4.69, 9.17) is 0 Å². The highest BCUT2D eigenvalue weighted by molar-refractivity contribution is 7.18. The van der Waals surface area contributed by atoms with E-state index >= 15 is 0 Å². The Morgan fingerprint density at radius 2 is 2.09 bits per heavy atom. The van der Waals surface area contributed by atoms with Gasteiger partial charge in [0.1, 0.15) is 5.82 Å². The van der Waals surface area contributed by atoms with Gasteiger partial charge in [0.2, 0.25) is 0 Å². The third kappa shape index (κ3) is 2.99. The topological polar surface area (TPSA) is 42.0 Å². The lowest BCUT2D eigenvalue weighted by atomic mass is 10.2. The van der Waals surface area contributed by atoms with Gasteiger partial charge in [-0.1, -0.05) is 19.1 Å². The maximum atomic E-state index is 13.6. The largest absolute Gasteiger partial charge is 0.322 e. The van der Waals surface area contributed by atoms with Gasteiger partial charge >= 0.3 is 0 Å². The number of nitrogens with zero attached hydrogens (tertiary/aromatic N) is 1. The fourth-order valence-corrected chi connectivity index (χ4v) is 3.32. The number of aryl methyl sites for hydroxylation is 1. The lowest BCUT2D eigenvalue weighted by molar-refractivity contribution is 0.102. The molecule has 22 heavy (non-hydrogen) atoms. The number of benzene rings is 2. The fourth-order valence-electron chi connectivity index (χ4n) is 2.21. The van der Waals surface area contributed by atoms with Crippen molar-refractivity contribution in [2.75, 3.05) is 5.32 Å². The van der Waals surface area contributed by atoms with Crippen LogP contribution >= 0.6 is 11.3 Å². The van der Waals surface area contributed by atoms with Crippen molar-refractivity contribution in [2.45, 2.75) is 19.8 Å². The number of nitrogens with one attached hydrogen (secondary N) is 1. The first-order valence-electron chi connectivity index (χ1n) is 7.12. The van der Waals surface area contributed by atoms with Gasteiger partial charge in [-0.15, -0.1) is 11.3 Å². The zero-order valence-corrected chi connectivity index (χ0v) is 12.9. The molecule has 0 saturated heterocycles. The predicted molar refractivity (Wildman–Crippen MR) is 88.0 cm³/mol. The minimum atomic E-state index is -0.524. The number of rotatable bonds is 4. The summed E-state index contributed by atoms with van der Waals surface area (Å²) in [6.45, 7) is 2.12. The number of fused-ring (bicyclic) bond motifs is 1.